The molecule has 0 bridgehead atoms. The predicted octanol–water partition coefficient (Wildman–Crippen LogP) is 1.43. The van der Waals surface area contributed by atoms with Crippen LogP contribution in [0.1, 0.15) is 20.3 Å². The molecule has 0 atom stereocenters. The highest BCUT2D eigenvalue weighted by molar-refractivity contribution is 5.86. The average molecular weight is 128 g/mol. The lowest BCUT2D eigenvalue weighted by Crippen LogP contribution is -2.10. The Morgan fingerprint density at radius 2 is 2.22 bits per heavy atom. The summed E-state index contributed by atoms with van der Waals surface area (Å²) in [5.74, 6) is 0.167. The molecule has 9 heavy (non-hydrogen) atoms. The predicted molar refractivity (Wildman–Crippen MR) is 37.3 cm³/mol. The van der Waals surface area contributed by atoms with Crippen molar-refractivity contribution in [2.24, 2.45) is 0 Å². The summed E-state index contributed by atoms with van der Waals surface area (Å²) in [6.45, 7) is 3.72. The van der Waals surface area contributed by atoms with Crippen LogP contribution in [0.25, 0.3) is 0 Å². The first-order chi connectivity index (χ1) is 4.16. The minimum atomic E-state index is 0.0532. The maximum atomic E-state index is 7.05. The van der Waals surface area contributed by atoms with Gasteiger partial charge in [0.25, 0.3) is 0 Å². The van der Waals surface area contributed by atoms with Crippen LogP contribution in [0.2, 0.25) is 0 Å². The van der Waals surface area contributed by atoms with Crippen LogP contribution in [0.5, 0.6) is 0 Å². The molecule has 0 saturated carbocycles. The van der Waals surface area contributed by atoms with Crippen molar-refractivity contribution in [1.82, 2.24) is 0 Å². The molecule has 0 aliphatic heterocycles. The largest absolute Gasteiger partial charge is 0.478 e. The van der Waals surface area contributed by atoms with Crippen LogP contribution in [-0.2, 0) is 4.74 Å². The highest BCUT2D eigenvalue weighted by atomic mass is 16.5. The average Bonchev–Trinajstić information content (AvgIpc) is 1.63. The summed E-state index contributed by atoms with van der Waals surface area (Å²) in [5.41, 5.74) is 0. The molecule has 3 heteroatoms. The van der Waals surface area contributed by atoms with Gasteiger partial charge in [-0.2, -0.15) is 0 Å². The smallest absolute Gasteiger partial charge is 0.186 e. The minimum Gasteiger partial charge on any atom is -0.478 e. The topological polar surface area (TPSA) is 56.9 Å². The van der Waals surface area contributed by atoms with Crippen molar-refractivity contribution in [3.05, 3.63) is 0 Å². The molecule has 0 radical (unpaired) electrons. The maximum absolute atomic E-state index is 7.05. The van der Waals surface area contributed by atoms with Crippen molar-refractivity contribution in [1.29, 1.82) is 10.8 Å². The number of rotatable bonds is 3. The second-order valence-corrected chi connectivity index (χ2v) is 2.00. The zero-order valence-electron chi connectivity index (χ0n) is 5.77. The van der Waals surface area contributed by atoms with Gasteiger partial charge < -0.3 is 10.1 Å². The second kappa shape index (κ2) is 4.06. The Labute approximate surface area is 55.0 Å². The van der Waals surface area contributed by atoms with Gasteiger partial charge >= 0.3 is 0 Å². The fourth-order valence-electron chi connectivity index (χ4n) is 0.425. The van der Waals surface area contributed by atoms with E-state index in [1.807, 2.05) is 13.8 Å². The molecule has 0 rings (SSSR count). The molecular formula is C6H12N2O. The molecule has 0 amide bonds. The SMILES string of the molecule is CC(C)OC(=N)CC=N. The molecule has 0 spiro atoms. The monoisotopic (exact) mass is 128 g/mol. The van der Waals surface area contributed by atoms with Crippen molar-refractivity contribution < 1.29 is 4.74 Å². The number of hydrogen-bond acceptors (Lipinski definition) is 3. The van der Waals surface area contributed by atoms with Gasteiger partial charge in [0.15, 0.2) is 5.90 Å². The van der Waals surface area contributed by atoms with Crippen LogP contribution in [0, 0.1) is 10.8 Å². The number of nitrogens with one attached hydrogen (secondary N) is 2. The Hall–Kier alpha value is -0.860. The zero-order chi connectivity index (χ0) is 7.28. The van der Waals surface area contributed by atoms with Gasteiger partial charge in [-0.05, 0) is 13.8 Å². The van der Waals surface area contributed by atoms with E-state index in [9.17, 15) is 0 Å². The third kappa shape index (κ3) is 5.00. The van der Waals surface area contributed by atoms with E-state index in [2.05, 4.69) is 0 Å². The molecule has 0 aromatic heterocycles. The van der Waals surface area contributed by atoms with E-state index in [1.54, 1.807) is 0 Å². The fourth-order valence-corrected chi connectivity index (χ4v) is 0.425. The standard InChI is InChI=1S/C6H12N2O/c1-5(2)9-6(8)3-4-7/h4-5,7-8H,3H2,1-2H3. The van der Waals surface area contributed by atoms with Crippen LogP contribution >= 0.6 is 0 Å². The molecular weight excluding hydrogens is 116 g/mol. The molecule has 3 nitrogen and oxygen atoms in total. The molecule has 0 saturated heterocycles. The summed E-state index contributed by atoms with van der Waals surface area (Å²) in [6.07, 6.45) is 1.51. The van der Waals surface area contributed by atoms with Crippen molar-refractivity contribution in [2.45, 2.75) is 26.4 Å². The first-order valence-corrected chi connectivity index (χ1v) is 2.90. The lowest BCUT2D eigenvalue weighted by Gasteiger charge is -2.07. The molecule has 0 aromatic rings. The number of hydrogen-bond donors (Lipinski definition) is 2. The van der Waals surface area contributed by atoms with Crippen LogP contribution in [0.4, 0.5) is 0 Å². The van der Waals surface area contributed by atoms with E-state index >= 15 is 0 Å². The van der Waals surface area contributed by atoms with Gasteiger partial charge in [0.2, 0.25) is 0 Å². The third-order valence-electron chi connectivity index (χ3n) is 0.665. The first kappa shape index (κ1) is 8.14. The molecule has 0 fully saturated rings. The highest BCUT2D eigenvalue weighted by Gasteiger charge is 1.96. The summed E-state index contributed by atoms with van der Waals surface area (Å²) in [5, 5.41) is 13.7. The fraction of sp³-hybridized carbons (Fsp3) is 0.667. The summed E-state index contributed by atoms with van der Waals surface area (Å²) in [7, 11) is 0. The van der Waals surface area contributed by atoms with Gasteiger partial charge in [0.1, 0.15) is 0 Å². The summed E-state index contributed by atoms with van der Waals surface area (Å²) in [4.78, 5) is 0. The minimum absolute atomic E-state index is 0.0532. The van der Waals surface area contributed by atoms with Crippen LogP contribution < -0.4 is 0 Å². The molecule has 0 heterocycles. The summed E-state index contributed by atoms with van der Waals surface area (Å²) in [6, 6.07) is 0. The zero-order valence-corrected chi connectivity index (χ0v) is 5.77. The van der Waals surface area contributed by atoms with Crippen molar-refractivity contribution in [3.63, 3.8) is 0 Å². The van der Waals surface area contributed by atoms with Crippen molar-refractivity contribution in [3.8, 4) is 0 Å². The molecule has 2 N–H and O–H groups in total. The highest BCUT2D eigenvalue weighted by Crippen LogP contribution is 1.90. The van der Waals surface area contributed by atoms with Gasteiger partial charge in [0, 0.05) is 6.21 Å². The van der Waals surface area contributed by atoms with E-state index in [0.29, 0.717) is 6.42 Å². The molecule has 0 aliphatic rings. The Kier molecular flexibility index (Phi) is 3.67. The first-order valence-electron chi connectivity index (χ1n) is 2.90. The quantitative estimate of drug-likeness (QED) is 0.438. The molecule has 0 unspecified atom stereocenters. The molecule has 0 aromatic carbocycles. The van der Waals surface area contributed by atoms with Gasteiger partial charge in [-0.25, -0.2) is 0 Å². The van der Waals surface area contributed by atoms with Crippen LogP contribution in [0.3, 0.4) is 0 Å². The van der Waals surface area contributed by atoms with Gasteiger partial charge in [-0.1, -0.05) is 0 Å². The lowest BCUT2D eigenvalue weighted by molar-refractivity contribution is 0.222. The van der Waals surface area contributed by atoms with E-state index in [0.717, 1.165) is 6.21 Å². The number of ether oxygens (including phenoxy) is 1. The van der Waals surface area contributed by atoms with E-state index in [4.69, 9.17) is 15.6 Å². The lowest BCUT2D eigenvalue weighted by atomic mass is 10.4. The Balaban J connectivity index is 3.38. The third-order valence-corrected chi connectivity index (χ3v) is 0.665. The van der Waals surface area contributed by atoms with Crippen LogP contribution in [-0.4, -0.2) is 18.2 Å². The van der Waals surface area contributed by atoms with Gasteiger partial charge in [-0.3, -0.25) is 5.41 Å². The van der Waals surface area contributed by atoms with E-state index in [-0.39, 0.29) is 12.0 Å². The summed E-state index contributed by atoms with van der Waals surface area (Å²) >= 11 is 0. The van der Waals surface area contributed by atoms with Crippen molar-refractivity contribution >= 4 is 12.1 Å². The van der Waals surface area contributed by atoms with Crippen molar-refractivity contribution in [2.75, 3.05) is 0 Å². The van der Waals surface area contributed by atoms with E-state index < -0.39 is 0 Å². The van der Waals surface area contributed by atoms with E-state index in [1.165, 1.54) is 0 Å². The Morgan fingerprint density at radius 1 is 1.67 bits per heavy atom. The summed E-state index contributed by atoms with van der Waals surface area (Å²) < 4.78 is 4.92. The van der Waals surface area contributed by atoms with Gasteiger partial charge in [0.05, 0.1) is 12.5 Å². The molecule has 52 valence electrons. The normalized spacial score (nSPS) is 9.22. The second-order valence-electron chi connectivity index (χ2n) is 2.00. The van der Waals surface area contributed by atoms with Gasteiger partial charge in [-0.15, -0.1) is 0 Å². The van der Waals surface area contributed by atoms with Crippen LogP contribution in [0.15, 0.2) is 0 Å². The Bertz CT molecular complexity index is 110. The molecule has 0 aliphatic carbocycles. The maximum Gasteiger partial charge on any atom is 0.186 e. The Morgan fingerprint density at radius 3 is 2.56 bits per heavy atom.